The van der Waals surface area contributed by atoms with E-state index < -0.39 is 35.0 Å². The fourth-order valence-electron chi connectivity index (χ4n) is 3.47. The summed E-state index contributed by atoms with van der Waals surface area (Å²) in [6, 6.07) is 0.625. The predicted octanol–water partition coefficient (Wildman–Crippen LogP) is 3.88. The first-order valence-corrected chi connectivity index (χ1v) is 10.7. The van der Waals surface area contributed by atoms with E-state index in [1.807, 2.05) is 6.92 Å². The average molecular weight is 482 g/mol. The lowest BCUT2D eigenvalue weighted by Gasteiger charge is -2.32. The van der Waals surface area contributed by atoms with Crippen molar-refractivity contribution in [3.8, 4) is 0 Å². The van der Waals surface area contributed by atoms with E-state index in [-0.39, 0.29) is 24.6 Å². The van der Waals surface area contributed by atoms with Crippen LogP contribution in [0.15, 0.2) is 18.2 Å². The molecule has 0 atom stereocenters. The van der Waals surface area contributed by atoms with Crippen molar-refractivity contribution in [1.82, 2.24) is 20.9 Å². The van der Waals surface area contributed by atoms with Gasteiger partial charge in [0.1, 0.15) is 0 Å². The predicted molar refractivity (Wildman–Crippen MR) is 110 cm³/mol. The number of benzene rings is 1. The summed E-state index contributed by atoms with van der Waals surface area (Å²) in [5.74, 6) is -0.921. The number of halogens is 6. The molecule has 1 aromatic carbocycles. The molecule has 0 bridgehead atoms. The highest BCUT2D eigenvalue weighted by molar-refractivity contribution is 5.94. The zero-order valence-electron chi connectivity index (χ0n) is 18.2. The Hall–Kier alpha value is -2.50. The van der Waals surface area contributed by atoms with Gasteiger partial charge < -0.3 is 20.9 Å². The lowest BCUT2D eigenvalue weighted by Crippen LogP contribution is -2.44. The van der Waals surface area contributed by atoms with Gasteiger partial charge in [-0.1, -0.05) is 6.92 Å². The van der Waals surface area contributed by atoms with E-state index in [1.54, 1.807) is 0 Å². The minimum Gasteiger partial charge on any atom is -0.352 e. The van der Waals surface area contributed by atoms with E-state index in [2.05, 4.69) is 20.9 Å². The summed E-state index contributed by atoms with van der Waals surface area (Å²) >= 11 is 0. The van der Waals surface area contributed by atoms with E-state index >= 15 is 0 Å². The first kappa shape index (κ1) is 26.7. The van der Waals surface area contributed by atoms with Gasteiger partial charge in [0.15, 0.2) is 0 Å². The van der Waals surface area contributed by atoms with Gasteiger partial charge in [0, 0.05) is 31.7 Å². The second kappa shape index (κ2) is 11.6. The Morgan fingerprint density at radius 1 is 0.909 bits per heavy atom. The molecule has 0 aromatic heterocycles. The van der Waals surface area contributed by atoms with Gasteiger partial charge in [0.25, 0.3) is 5.91 Å². The molecule has 33 heavy (non-hydrogen) atoms. The quantitative estimate of drug-likeness (QED) is 0.493. The molecule has 1 aliphatic heterocycles. The van der Waals surface area contributed by atoms with Crippen molar-refractivity contribution < 1.29 is 35.9 Å². The van der Waals surface area contributed by atoms with E-state index in [1.165, 1.54) is 0 Å². The monoisotopic (exact) mass is 482 g/mol. The van der Waals surface area contributed by atoms with Crippen molar-refractivity contribution >= 4 is 11.9 Å². The molecule has 0 radical (unpaired) electrons. The van der Waals surface area contributed by atoms with Gasteiger partial charge in [-0.2, -0.15) is 26.3 Å². The summed E-state index contributed by atoms with van der Waals surface area (Å²) in [6.07, 6.45) is -7.75. The number of likely N-dealkylation sites (tertiary alicyclic amines) is 1. The zero-order chi connectivity index (χ0) is 24.6. The van der Waals surface area contributed by atoms with Crippen LogP contribution in [0, 0.1) is 5.92 Å². The molecule has 0 spiro atoms. The minimum atomic E-state index is -5.01. The molecular weight excluding hydrogens is 454 g/mol. The summed E-state index contributed by atoms with van der Waals surface area (Å²) in [6.45, 7) is 5.26. The van der Waals surface area contributed by atoms with Gasteiger partial charge in [-0.05, 0) is 56.5 Å². The van der Waals surface area contributed by atoms with Crippen LogP contribution in [-0.2, 0) is 12.4 Å². The maximum Gasteiger partial charge on any atom is 0.416 e. The summed E-state index contributed by atoms with van der Waals surface area (Å²) < 4.78 is 77.8. The standard InChI is InChI=1S/C21H28F6N4O2/c1-2-5-28-19(33)29-6-9-31-7-3-14(4-8-31)13-30-18(32)15-10-16(20(22,23)24)12-17(11-15)21(25,26)27/h10-12,14H,2-9,13H2,1H3,(H,30,32)(H2,28,29,33). The van der Waals surface area contributed by atoms with Gasteiger partial charge in [0.2, 0.25) is 0 Å². The van der Waals surface area contributed by atoms with Crippen LogP contribution in [0.3, 0.4) is 0 Å². The Balaban J connectivity index is 1.83. The number of urea groups is 1. The number of alkyl halides is 6. The van der Waals surface area contributed by atoms with Crippen LogP contribution in [0.1, 0.15) is 47.7 Å². The fourth-order valence-corrected chi connectivity index (χ4v) is 3.47. The van der Waals surface area contributed by atoms with Crippen LogP contribution in [0.2, 0.25) is 0 Å². The third-order valence-electron chi connectivity index (χ3n) is 5.36. The van der Waals surface area contributed by atoms with Gasteiger partial charge in [-0.15, -0.1) is 0 Å². The minimum absolute atomic E-state index is 0.00516. The number of nitrogens with zero attached hydrogens (tertiary/aromatic N) is 1. The van der Waals surface area contributed by atoms with E-state index in [0.29, 0.717) is 57.7 Å². The molecule has 1 aliphatic rings. The molecule has 0 aliphatic carbocycles. The van der Waals surface area contributed by atoms with Gasteiger partial charge in [0.05, 0.1) is 11.1 Å². The number of carbonyl (C=O) groups excluding carboxylic acids is 2. The number of carbonyl (C=O) groups is 2. The number of nitrogens with one attached hydrogen (secondary N) is 3. The summed E-state index contributed by atoms with van der Waals surface area (Å²) in [4.78, 5) is 25.9. The molecule has 2 rings (SSSR count). The Morgan fingerprint density at radius 3 is 1.97 bits per heavy atom. The van der Waals surface area contributed by atoms with Crippen LogP contribution in [0.4, 0.5) is 31.1 Å². The Labute approximate surface area is 188 Å². The van der Waals surface area contributed by atoms with Crippen molar-refractivity contribution in [2.24, 2.45) is 5.92 Å². The third-order valence-corrected chi connectivity index (χ3v) is 5.36. The molecule has 1 heterocycles. The molecule has 1 fully saturated rings. The largest absolute Gasteiger partial charge is 0.416 e. The molecule has 1 saturated heterocycles. The lowest BCUT2D eigenvalue weighted by molar-refractivity contribution is -0.143. The van der Waals surface area contributed by atoms with Crippen molar-refractivity contribution in [1.29, 1.82) is 0 Å². The molecule has 3 N–H and O–H groups in total. The smallest absolute Gasteiger partial charge is 0.352 e. The van der Waals surface area contributed by atoms with Crippen molar-refractivity contribution in [3.63, 3.8) is 0 Å². The molecule has 0 saturated carbocycles. The number of piperidine rings is 1. The molecule has 186 valence electrons. The number of rotatable bonds is 8. The molecule has 0 unspecified atom stereocenters. The molecule has 1 aromatic rings. The molecule has 12 heteroatoms. The third kappa shape index (κ3) is 8.75. The number of amides is 3. The molecular formula is C21H28F6N4O2. The van der Waals surface area contributed by atoms with Gasteiger partial charge in [-0.25, -0.2) is 4.79 Å². The zero-order valence-corrected chi connectivity index (χ0v) is 18.2. The Bertz CT molecular complexity index is 773. The van der Waals surface area contributed by atoms with Crippen LogP contribution in [-0.4, -0.2) is 56.1 Å². The second-order valence-corrected chi connectivity index (χ2v) is 7.97. The normalized spacial score (nSPS) is 15.8. The first-order chi connectivity index (χ1) is 15.4. The first-order valence-electron chi connectivity index (χ1n) is 10.7. The second-order valence-electron chi connectivity index (χ2n) is 7.97. The van der Waals surface area contributed by atoms with Crippen LogP contribution in [0.5, 0.6) is 0 Å². The van der Waals surface area contributed by atoms with Crippen LogP contribution in [0.25, 0.3) is 0 Å². The number of hydrogen-bond acceptors (Lipinski definition) is 3. The molecule has 6 nitrogen and oxygen atoms in total. The van der Waals surface area contributed by atoms with Gasteiger partial charge in [-0.3, -0.25) is 4.79 Å². The Kier molecular flexibility index (Phi) is 9.38. The summed E-state index contributed by atoms with van der Waals surface area (Å²) in [5, 5.41) is 7.92. The Morgan fingerprint density at radius 2 is 1.45 bits per heavy atom. The number of hydrogen-bond donors (Lipinski definition) is 3. The van der Waals surface area contributed by atoms with Gasteiger partial charge >= 0.3 is 18.4 Å². The van der Waals surface area contributed by atoms with Crippen LogP contribution < -0.4 is 16.0 Å². The highest BCUT2D eigenvalue weighted by Crippen LogP contribution is 2.36. The van der Waals surface area contributed by atoms with Crippen molar-refractivity contribution in [2.75, 3.05) is 39.3 Å². The average Bonchev–Trinajstić information content (AvgIpc) is 2.75. The fraction of sp³-hybridized carbons (Fsp3) is 0.619. The maximum atomic E-state index is 13.0. The summed E-state index contributed by atoms with van der Waals surface area (Å²) in [7, 11) is 0. The molecule has 3 amide bonds. The highest BCUT2D eigenvalue weighted by atomic mass is 19.4. The topological polar surface area (TPSA) is 73.5 Å². The van der Waals surface area contributed by atoms with Crippen molar-refractivity contribution in [2.45, 2.75) is 38.5 Å². The highest BCUT2D eigenvalue weighted by Gasteiger charge is 2.37. The van der Waals surface area contributed by atoms with Crippen LogP contribution >= 0.6 is 0 Å². The van der Waals surface area contributed by atoms with Crippen molar-refractivity contribution in [3.05, 3.63) is 34.9 Å². The van der Waals surface area contributed by atoms with E-state index in [0.717, 1.165) is 6.42 Å². The maximum absolute atomic E-state index is 13.0. The lowest BCUT2D eigenvalue weighted by atomic mass is 9.96. The SMILES string of the molecule is CCCNC(=O)NCCN1CCC(CNC(=O)c2cc(C(F)(F)F)cc(C(F)(F)F)c2)CC1. The van der Waals surface area contributed by atoms with E-state index in [4.69, 9.17) is 0 Å². The van der Waals surface area contributed by atoms with E-state index in [9.17, 15) is 35.9 Å². The summed E-state index contributed by atoms with van der Waals surface area (Å²) in [5.41, 5.74) is -3.72.